The van der Waals surface area contributed by atoms with E-state index in [4.69, 9.17) is 11.6 Å². The average Bonchev–Trinajstić information content (AvgIpc) is 2.21. The summed E-state index contributed by atoms with van der Waals surface area (Å²) in [6.07, 6.45) is 0. The molecule has 0 bridgehead atoms. The van der Waals surface area contributed by atoms with Gasteiger partial charge in [0.2, 0.25) is 10.0 Å². The quantitative estimate of drug-likeness (QED) is 0.892. The van der Waals surface area contributed by atoms with Crippen LogP contribution in [0.1, 0.15) is 0 Å². The van der Waals surface area contributed by atoms with E-state index in [0.717, 1.165) is 6.07 Å². The van der Waals surface area contributed by atoms with Crippen molar-refractivity contribution < 1.29 is 17.5 Å². The smallest absolute Gasteiger partial charge is 0.235 e. The largest absolute Gasteiger partial charge is 0.384 e. The van der Waals surface area contributed by atoms with E-state index in [1.807, 2.05) is 0 Å². The SMILES string of the molecule is COCCS(=O)(=O)Nc1c(F)cc(Br)cc1Cl. The third-order valence-corrected chi connectivity index (χ3v) is 3.80. The molecule has 0 amide bonds. The summed E-state index contributed by atoms with van der Waals surface area (Å²) in [7, 11) is -2.29. The third-order valence-electron chi connectivity index (χ3n) is 1.82. The number of ether oxygens (including phenoxy) is 1. The minimum atomic E-state index is -3.67. The predicted octanol–water partition coefficient (Wildman–Crippen LogP) is 2.63. The Kier molecular flexibility index (Phi) is 5.18. The molecule has 1 rings (SSSR count). The fraction of sp³-hybridized carbons (Fsp3) is 0.333. The van der Waals surface area contributed by atoms with Crippen LogP contribution >= 0.6 is 27.5 Å². The lowest BCUT2D eigenvalue weighted by molar-refractivity contribution is 0.217. The second kappa shape index (κ2) is 5.99. The number of hydrogen-bond acceptors (Lipinski definition) is 3. The van der Waals surface area contributed by atoms with E-state index in [9.17, 15) is 12.8 Å². The molecule has 8 heteroatoms. The van der Waals surface area contributed by atoms with E-state index in [1.54, 1.807) is 0 Å². The number of hydrogen-bond donors (Lipinski definition) is 1. The highest BCUT2D eigenvalue weighted by molar-refractivity contribution is 9.10. The fourth-order valence-corrected chi connectivity index (χ4v) is 2.92. The molecular formula is C9H10BrClFNO3S. The first-order valence-corrected chi connectivity index (χ1v) is 7.32. The van der Waals surface area contributed by atoms with Crippen LogP contribution in [0.2, 0.25) is 5.02 Å². The summed E-state index contributed by atoms with van der Waals surface area (Å²) >= 11 is 8.79. The van der Waals surface area contributed by atoms with Gasteiger partial charge in [-0.2, -0.15) is 0 Å². The number of rotatable bonds is 5. The number of nitrogens with one attached hydrogen (secondary N) is 1. The number of methoxy groups -OCH3 is 1. The first-order chi connectivity index (χ1) is 7.85. The van der Waals surface area contributed by atoms with Crippen LogP contribution in [0, 0.1) is 5.82 Å². The Hall–Kier alpha value is -0.370. The monoisotopic (exact) mass is 345 g/mol. The summed E-state index contributed by atoms with van der Waals surface area (Å²) in [5.41, 5.74) is -0.258. The van der Waals surface area contributed by atoms with Crippen molar-refractivity contribution in [1.29, 1.82) is 0 Å². The molecule has 0 radical (unpaired) electrons. The molecular weight excluding hydrogens is 337 g/mol. The van der Waals surface area contributed by atoms with Crippen molar-refractivity contribution in [3.63, 3.8) is 0 Å². The molecule has 0 saturated heterocycles. The molecule has 0 saturated carbocycles. The van der Waals surface area contributed by atoms with Gasteiger partial charge in [0.15, 0.2) is 0 Å². The van der Waals surface area contributed by atoms with E-state index in [1.165, 1.54) is 13.2 Å². The molecule has 0 aliphatic heterocycles. The van der Waals surface area contributed by atoms with Crippen LogP contribution in [0.4, 0.5) is 10.1 Å². The van der Waals surface area contributed by atoms with Crippen LogP contribution in [-0.4, -0.2) is 27.9 Å². The number of sulfonamides is 1. The van der Waals surface area contributed by atoms with Crippen molar-refractivity contribution in [2.45, 2.75) is 0 Å². The molecule has 0 atom stereocenters. The van der Waals surface area contributed by atoms with Crippen molar-refractivity contribution in [1.82, 2.24) is 0 Å². The van der Waals surface area contributed by atoms with E-state index in [-0.39, 0.29) is 23.1 Å². The van der Waals surface area contributed by atoms with Gasteiger partial charge in [0.25, 0.3) is 0 Å². The summed E-state index contributed by atoms with van der Waals surface area (Å²) in [5, 5.41) is -0.0159. The van der Waals surface area contributed by atoms with Crippen molar-refractivity contribution in [3.8, 4) is 0 Å². The zero-order valence-corrected chi connectivity index (χ0v) is 12.0. The minimum Gasteiger partial charge on any atom is -0.384 e. The number of anilines is 1. The van der Waals surface area contributed by atoms with Crippen LogP contribution in [0.5, 0.6) is 0 Å². The first kappa shape index (κ1) is 14.7. The topological polar surface area (TPSA) is 55.4 Å². The highest BCUT2D eigenvalue weighted by atomic mass is 79.9. The van der Waals surface area contributed by atoms with Gasteiger partial charge in [-0.1, -0.05) is 27.5 Å². The normalized spacial score (nSPS) is 11.5. The van der Waals surface area contributed by atoms with E-state index in [0.29, 0.717) is 4.47 Å². The van der Waals surface area contributed by atoms with Crippen LogP contribution < -0.4 is 4.72 Å². The average molecular weight is 347 g/mol. The molecule has 0 aliphatic rings. The van der Waals surface area contributed by atoms with Crippen LogP contribution in [0.15, 0.2) is 16.6 Å². The van der Waals surface area contributed by atoms with Crippen molar-refractivity contribution in [2.75, 3.05) is 24.2 Å². The first-order valence-electron chi connectivity index (χ1n) is 4.49. The lowest BCUT2D eigenvalue weighted by Crippen LogP contribution is -2.20. The Balaban J connectivity index is 2.96. The Morgan fingerprint density at radius 1 is 1.53 bits per heavy atom. The molecule has 1 aromatic rings. The van der Waals surface area contributed by atoms with Crippen LogP contribution in [0.3, 0.4) is 0 Å². The standard InChI is InChI=1S/C9H10BrClFNO3S/c1-16-2-3-17(14,15)13-9-7(11)4-6(10)5-8(9)12/h4-5,13H,2-3H2,1H3. The molecule has 1 N–H and O–H groups in total. The molecule has 0 fully saturated rings. The second-order valence-corrected chi connectivity index (χ2v) is 6.32. The Labute approximate surface area is 112 Å². The zero-order valence-electron chi connectivity index (χ0n) is 8.84. The van der Waals surface area contributed by atoms with Crippen LogP contribution in [-0.2, 0) is 14.8 Å². The van der Waals surface area contributed by atoms with Gasteiger partial charge in [-0.05, 0) is 12.1 Å². The maximum absolute atomic E-state index is 13.5. The third kappa shape index (κ3) is 4.42. The molecule has 1 aromatic carbocycles. The molecule has 0 heterocycles. The second-order valence-electron chi connectivity index (χ2n) is 3.16. The summed E-state index contributed by atoms with van der Waals surface area (Å²) in [4.78, 5) is 0. The van der Waals surface area contributed by atoms with Gasteiger partial charge in [-0.3, -0.25) is 4.72 Å². The van der Waals surface area contributed by atoms with Gasteiger partial charge in [0, 0.05) is 11.6 Å². The zero-order chi connectivity index (χ0) is 13.1. The fourth-order valence-electron chi connectivity index (χ4n) is 1.04. The summed E-state index contributed by atoms with van der Waals surface area (Å²) < 4.78 is 43.7. The highest BCUT2D eigenvalue weighted by Crippen LogP contribution is 2.29. The molecule has 0 aliphatic carbocycles. The Morgan fingerprint density at radius 2 is 2.18 bits per heavy atom. The minimum absolute atomic E-state index is 0.0159. The number of halogens is 3. The Morgan fingerprint density at radius 3 is 2.71 bits per heavy atom. The van der Waals surface area contributed by atoms with Crippen molar-refractivity contribution >= 4 is 43.2 Å². The highest BCUT2D eigenvalue weighted by Gasteiger charge is 2.16. The molecule has 17 heavy (non-hydrogen) atoms. The molecule has 96 valence electrons. The van der Waals surface area contributed by atoms with E-state index < -0.39 is 15.8 Å². The van der Waals surface area contributed by atoms with Gasteiger partial charge >= 0.3 is 0 Å². The molecule has 0 spiro atoms. The van der Waals surface area contributed by atoms with Gasteiger partial charge in [0.05, 0.1) is 17.4 Å². The van der Waals surface area contributed by atoms with Crippen molar-refractivity contribution in [2.24, 2.45) is 0 Å². The van der Waals surface area contributed by atoms with Crippen molar-refractivity contribution in [3.05, 3.63) is 27.4 Å². The maximum atomic E-state index is 13.5. The van der Waals surface area contributed by atoms with E-state index in [2.05, 4.69) is 25.4 Å². The lowest BCUT2D eigenvalue weighted by Gasteiger charge is -2.10. The lowest BCUT2D eigenvalue weighted by atomic mass is 10.3. The number of benzene rings is 1. The summed E-state index contributed by atoms with van der Waals surface area (Å²) in [6, 6.07) is 2.53. The van der Waals surface area contributed by atoms with Crippen LogP contribution in [0.25, 0.3) is 0 Å². The summed E-state index contributed by atoms with van der Waals surface area (Å²) in [6.45, 7) is 0.0189. The van der Waals surface area contributed by atoms with Gasteiger partial charge in [-0.15, -0.1) is 0 Å². The van der Waals surface area contributed by atoms with E-state index >= 15 is 0 Å². The van der Waals surface area contributed by atoms with Gasteiger partial charge < -0.3 is 4.74 Å². The Bertz CT molecular complexity index is 486. The summed E-state index contributed by atoms with van der Waals surface area (Å²) in [5.74, 6) is -1.01. The molecule has 0 aromatic heterocycles. The molecule has 0 unspecified atom stereocenters. The molecule has 4 nitrogen and oxygen atoms in total. The van der Waals surface area contributed by atoms with Gasteiger partial charge in [0.1, 0.15) is 11.5 Å². The predicted molar refractivity (Wildman–Crippen MR) is 68.4 cm³/mol. The van der Waals surface area contributed by atoms with Gasteiger partial charge in [-0.25, -0.2) is 12.8 Å². The maximum Gasteiger partial charge on any atom is 0.235 e.